The van der Waals surface area contributed by atoms with Gasteiger partial charge in [0.15, 0.2) is 11.6 Å². The first-order chi connectivity index (χ1) is 19.5. The fourth-order valence-electron chi connectivity index (χ4n) is 4.47. The number of aromatic nitrogens is 1. The maximum atomic E-state index is 14.7. The number of benzene rings is 2. The van der Waals surface area contributed by atoms with Gasteiger partial charge in [-0.1, -0.05) is 12.1 Å². The Morgan fingerprint density at radius 1 is 1.02 bits per heavy atom. The van der Waals surface area contributed by atoms with E-state index in [4.69, 9.17) is 10.5 Å². The molecule has 41 heavy (non-hydrogen) atoms. The zero-order chi connectivity index (χ0) is 29.6. The Labute approximate surface area is 236 Å². The molecule has 12 heteroatoms. The highest BCUT2D eigenvalue weighted by Gasteiger charge is 2.31. The van der Waals surface area contributed by atoms with Gasteiger partial charge >= 0.3 is 12.1 Å². The van der Waals surface area contributed by atoms with Crippen molar-refractivity contribution in [3.63, 3.8) is 0 Å². The summed E-state index contributed by atoms with van der Waals surface area (Å²) >= 11 is 0. The Balaban J connectivity index is 1.29. The van der Waals surface area contributed by atoms with Crippen LogP contribution in [0.3, 0.4) is 0 Å². The fraction of sp³-hybridized carbons (Fsp3) is 0.310. The van der Waals surface area contributed by atoms with Crippen molar-refractivity contribution in [2.24, 2.45) is 11.7 Å². The number of carbonyl (C=O) groups is 3. The van der Waals surface area contributed by atoms with Crippen molar-refractivity contribution < 1.29 is 27.9 Å². The minimum atomic E-state index is -0.851. The van der Waals surface area contributed by atoms with Gasteiger partial charge in [-0.25, -0.2) is 23.4 Å². The number of imide groups is 1. The Morgan fingerprint density at radius 3 is 2.39 bits per heavy atom. The molecule has 0 radical (unpaired) electrons. The number of amides is 5. The Morgan fingerprint density at radius 2 is 1.73 bits per heavy atom. The molecule has 1 aliphatic rings. The first-order valence-electron chi connectivity index (χ1n) is 13.1. The van der Waals surface area contributed by atoms with E-state index in [1.807, 2.05) is 13.8 Å². The molecule has 1 aliphatic heterocycles. The van der Waals surface area contributed by atoms with Gasteiger partial charge in [0.05, 0.1) is 6.42 Å². The predicted molar refractivity (Wildman–Crippen MR) is 150 cm³/mol. The van der Waals surface area contributed by atoms with E-state index in [0.717, 1.165) is 18.9 Å². The van der Waals surface area contributed by atoms with Crippen molar-refractivity contribution in [2.75, 3.05) is 23.7 Å². The van der Waals surface area contributed by atoms with Gasteiger partial charge in [0.1, 0.15) is 17.4 Å². The van der Waals surface area contributed by atoms with Crippen LogP contribution in [0.4, 0.5) is 29.9 Å². The number of ether oxygens (including phenoxy) is 1. The van der Waals surface area contributed by atoms with Crippen LogP contribution < -0.4 is 26.4 Å². The van der Waals surface area contributed by atoms with Gasteiger partial charge in [0.2, 0.25) is 5.91 Å². The van der Waals surface area contributed by atoms with E-state index in [1.54, 1.807) is 4.90 Å². The molecule has 10 nitrogen and oxygen atoms in total. The summed E-state index contributed by atoms with van der Waals surface area (Å²) in [7, 11) is 0. The molecule has 0 saturated carbocycles. The second-order valence-electron chi connectivity index (χ2n) is 10.4. The van der Waals surface area contributed by atoms with E-state index in [9.17, 15) is 23.2 Å². The molecule has 1 saturated heterocycles. The van der Waals surface area contributed by atoms with Gasteiger partial charge in [-0.05, 0) is 68.5 Å². The highest BCUT2D eigenvalue weighted by Crippen LogP contribution is 2.29. The van der Waals surface area contributed by atoms with Gasteiger partial charge in [-0.3, -0.25) is 15.4 Å². The van der Waals surface area contributed by atoms with E-state index >= 15 is 0 Å². The van der Waals surface area contributed by atoms with Gasteiger partial charge in [0.25, 0.3) is 0 Å². The molecule has 3 aromatic rings. The van der Waals surface area contributed by atoms with Crippen molar-refractivity contribution in [3.05, 3.63) is 78.0 Å². The number of nitrogens with zero attached hydrogens (tertiary/aromatic N) is 2. The molecule has 1 fully saturated rings. The van der Waals surface area contributed by atoms with E-state index in [0.29, 0.717) is 24.6 Å². The molecule has 0 aliphatic carbocycles. The number of carbonyl (C=O) groups excluding carboxylic acids is 3. The lowest BCUT2D eigenvalue weighted by molar-refractivity contribution is -0.119. The molecule has 5 amide bonds. The quantitative estimate of drug-likeness (QED) is 0.317. The van der Waals surface area contributed by atoms with Crippen LogP contribution in [0, 0.1) is 17.6 Å². The molecule has 2 heterocycles. The number of nitrogens with one attached hydrogen (secondary N) is 3. The van der Waals surface area contributed by atoms with Gasteiger partial charge in [0, 0.05) is 42.6 Å². The van der Waals surface area contributed by atoms with Crippen molar-refractivity contribution in [1.82, 2.24) is 15.2 Å². The number of nitrogens with two attached hydrogens (primary N) is 1. The molecular formula is C29H32F2N6O4. The lowest BCUT2D eigenvalue weighted by Gasteiger charge is -2.38. The molecule has 0 atom stereocenters. The van der Waals surface area contributed by atoms with E-state index in [-0.39, 0.29) is 41.0 Å². The number of pyridine rings is 1. The number of anilines is 2. The largest absolute Gasteiger partial charge is 0.454 e. The number of halogens is 2. The minimum absolute atomic E-state index is 0.0893. The van der Waals surface area contributed by atoms with Crippen LogP contribution >= 0.6 is 0 Å². The summed E-state index contributed by atoms with van der Waals surface area (Å²) in [5.74, 6) is -1.12. The topological polar surface area (TPSA) is 139 Å². The highest BCUT2D eigenvalue weighted by molar-refractivity contribution is 6.01. The van der Waals surface area contributed by atoms with Crippen molar-refractivity contribution in [2.45, 2.75) is 38.6 Å². The molecule has 2 aromatic carbocycles. The molecule has 4 rings (SSSR count). The first kappa shape index (κ1) is 29.4. The molecule has 0 spiro atoms. The summed E-state index contributed by atoms with van der Waals surface area (Å²) in [6.45, 7) is 5.15. The third kappa shape index (κ3) is 8.45. The van der Waals surface area contributed by atoms with Crippen molar-refractivity contribution in [3.8, 4) is 11.5 Å². The maximum absolute atomic E-state index is 14.7. The van der Waals surface area contributed by atoms with Crippen molar-refractivity contribution in [1.29, 1.82) is 0 Å². The second kappa shape index (κ2) is 12.7. The number of rotatable bonds is 7. The van der Waals surface area contributed by atoms with Crippen LogP contribution in [0.15, 0.2) is 60.8 Å². The minimum Gasteiger partial charge on any atom is -0.454 e. The zero-order valence-corrected chi connectivity index (χ0v) is 22.7. The maximum Gasteiger partial charge on any atom is 0.325 e. The van der Waals surface area contributed by atoms with Gasteiger partial charge in [-0.15, -0.1) is 0 Å². The van der Waals surface area contributed by atoms with Crippen LogP contribution in [0.25, 0.3) is 0 Å². The zero-order valence-electron chi connectivity index (χ0n) is 22.7. The standard InChI is InChI=1S/C29H32F2N6O4/c1-29(2,32)19-10-13-37(14-11-19)28(40)35-25-17-22(9-12-33-25)41-24-8-7-21(16-23(24)31)34-27(39)36-26(38)15-18-3-5-20(30)6-4-18/h3-9,12,16-17,19H,10-11,13-15,32H2,1-2H3,(H,33,35,40)(H2,34,36,38,39). The molecule has 0 unspecified atom stereocenters. The summed E-state index contributed by atoms with van der Waals surface area (Å²) in [4.78, 5) is 42.8. The number of hydrogen-bond donors (Lipinski definition) is 4. The normalized spacial score (nSPS) is 13.8. The lowest BCUT2D eigenvalue weighted by Crippen LogP contribution is -2.49. The molecule has 5 N–H and O–H groups in total. The Kier molecular flexibility index (Phi) is 9.13. The summed E-state index contributed by atoms with van der Waals surface area (Å²) in [6, 6.07) is 10.9. The van der Waals surface area contributed by atoms with Crippen molar-refractivity contribution >= 4 is 29.5 Å². The van der Waals surface area contributed by atoms with Gasteiger partial charge < -0.3 is 20.7 Å². The number of hydrogen-bond acceptors (Lipinski definition) is 6. The molecule has 1 aromatic heterocycles. The summed E-state index contributed by atoms with van der Waals surface area (Å²) in [5.41, 5.74) is 6.53. The smallest absolute Gasteiger partial charge is 0.325 e. The third-order valence-electron chi connectivity index (χ3n) is 6.75. The molecular weight excluding hydrogens is 534 g/mol. The summed E-state index contributed by atoms with van der Waals surface area (Å²) in [6.07, 6.45) is 2.92. The third-order valence-corrected chi connectivity index (χ3v) is 6.75. The number of urea groups is 2. The van der Waals surface area contributed by atoms with E-state index in [1.165, 1.54) is 54.7 Å². The van der Waals surface area contributed by atoms with Crippen LogP contribution in [0.5, 0.6) is 11.5 Å². The van der Waals surface area contributed by atoms with E-state index < -0.39 is 23.6 Å². The van der Waals surface area contributed by atoms with E-state index in [2.05, 4.69) is 20.9 Å². The first-order valence-corrected chi connectivity index (χ1v) is 13.1. The second-order valence-corrected chi connectivity index (χ2v) is 10.4. The highest BCUT2D eigenvalue weighted by atomic mass is 19.1. The number of likely N-dealkylation sites (tertiary alicyclic amines) is 1. The number of piperidine rings is 1. The summed E-state index contributed by atoms with van der Waals surface area (Å²) in [5, 5.41) is 7.25. The lowest BCUT2D eigenvalue weighted by atomic mass is 9.81. The average molecular weight is 567 g/mol. The fourth-order valence-corrected chi connectivity index (χ4v) is 4.47. The Hall–Kier alpha value is -4.58. The summed E-state index contributed by atoms with van der Waals surface area (Å²) < 4.78 is 33.4. The monoisotopic (exact) mass is 566 g/mol. The molecule has 0 bridgehead atoms. The Bertz CT molecular complexity index is 1400. The average Bonchev–Trinajstić information content (AvgIpc) is 2.91. The molecule has 216 valence electrons. The SMILES string of the molecule is CC(C)(N)C1CCN(C(=O)Nc2cc(Oc3ccc(NC(=O)NC(=O)Cc4ccc(F)cc4)cc3F)ccn2)CC1. The van der Waals surface area contributed by atoms with Crippen LogP contribution in [0.1, 0.15) is 32.3 Å². The van der Waals surface area contributed by atoms with Crippen LogP contribution in [-0.2, 0) is 11.2 Å². The van der Waals surface area contributed by atoms with Gasteiger partial charge in [-0.2, -0.15) is 0 Å². The predicted octanol–water partition coefficient (Wildman–Crippen LogP) is 5.02. The van der Waals surface area contributed by atoms with Crippen LogP contribution in [-0.4, -0.2) is 46.5 Å². The van der Waals surface area contributed by atoms with Crippen LogP contribution in [0.2, 0.25) is 0 Å².